The minimum absolute atomic E-state index is 0.0577. The van der Waals surface area contributed by atoms with Gasteiger partial charge in [-0.05, 0) is 72.0 Å². The lowest BCUT2D eigenvalue weighted by atomic mass is 9.74. The number of ether oxygens (including phenoxy) is 1. The number of piperidine rings is 1. The van der Waals surface area contributed by atoms with Crippen molar-refractivity contribution >= 4 is 15.9 Å². The molecule has 0 aliphatic carbocycles. The van der Waals surface area contributed by atoms with Gasteiger partial charge in [-0.25, -0.2) is 4.39 Å². The minimum Gasteiger partial charge on any atom is -0.492 e. The van der Waals surface area contributed by atoms with E-state index in [0.717, 1.165) is 31.5 Å². The zero-order valence-electron chi connectivity index (χ0n) is 11.1. The van der Waals surface area contributed by atoms with Crippen molar-refractivity contribution in [2.24, 2.45) is 0 Å². The maximum Gasteiger partial charge on any atom is 0.168 e. The summed E-state index contributed by atoms with van der Waals surface area (Å²) in [6.07, 6.45) is 2.11. The Labute approximate surface area is 116 Å². The molecule has 0 saturated carbocycles. The Morgan fingerprint density at radius 3 is 2.44 bits per heavy atom. The van der Waals surface area contributed by atoms with Crippen molar-refractivity contribution in [3.63, 3.8) is 0 Å². The Morgan fingerprint density at radius 2 is 1.94 bits per heavy atom. The molecule has 1 aliphatic heterocycles. The summed E-state index contributed by atoms with van der Waals surface area (Å²) < 4.78 is 19.7. The van der Waals surface area contributed by atoms with Gasteiger partial charge in [-0.3, -0.25) is 0 Å². The number of hydrogen-bond acceptors (Lipinski definition) is 2. The molecule has 0 amide bonds. The van der Waals surface area contributed by atoms with E-state index in [2.05, 4.69) is 34.8 Å². The lowest BCUT2D eigenvalue weighted by Gasteiger charge is -2.38. The number of benzene rings is 1. The third-order valence-corrected chi connectivity index (χ3v) is 4.58. The predicted octanol–water partition coefficient (Wildman–Crippen LogP) is 3.58. The summed E-state index contributed by atoms with van der Waals surface area (Å²) in [6.45, 7) is 4.33. The van der Waals surface area contributed by atoms with Crippen LogP contribution in [0.5, 0.6) is 5.75 Å². The van der Waals surface area contributed by atoms with Crippen molar-refractivity contribution in [2.45, 2.75) is 25.2 Å². The summed E-state index contributed by atoms with van der Waals surface area (Å²) in [5.74, 6) is -0.00249. The van der Waals surface area contributed by atoms with Crippen LogP contribution in [0.25, 0.3) is 0 Å². The van der Waals surface area contributed by atoms with Gasteiger partial charge in [0.25, 0.3) is 0 Å². The first kappa shape index (κ1) is 13.8. The zero-order chi connectivity index (χ0) is 13.3. The maximum atomic E-state index is 13.9. The van der Waals surface area contributed by atoms with E-state index in [9.17, 15) is 4.39 Å². The summed E-state index contributed by atoms with van der Waals surface area (Å²) in [4.78, 5) is 2.32. The van der Waals surface area contributed by atoms with Gasteiger partial charge >= 0.3 is 0 Å². The van der Waals surface area contributed by atoms with Crippen molar-refractivity contribution in [1.29, 1.82) is 0 Å². The largest absolute Gasteiger partial charge is 0.492 e. The zero-order valence-corrected chi connectivity index (χ0v) is 12.7. The molecule has 0 N–H and O–H groups in total. The maximum absolute atomic E-state index is 13.9. The average molecular weight is 316 g/mol. The highest BCUT2D eigenvalue weighted by Gasteiger charge is 2.31. The van der Waals surface area contributed by atoms with Crippen molar-refractivity contribution in [3.05, 3.63) is 28.0 Å². The molecule has 2 nitrogen and oxygen atoms in total. The summed E-state index contributed by atoms with van der Waals surface area (Å²) in [5.41, 5.74) is 1.11. The standard InChI is InChI=1S/C14H19BrFNO/c1-14(4-6-17(2)7-5-14)10-8-11(15)13(18-3)12(16)9-10/h8-9H,4-7H2,1-3H3. The second-order valence-corrected chi connectivity index (χ2v) is 6.19. The highest BCUT2D eigenvalue weighted by atomic mass is 79.9. The van der Waals surface area contributed by atoms with Crippen LogP contribution in [-0.2, 0) is 5.41 Å². The second kappa shape index (κ2) is 5.17. The molecule has 1 aromatic rings. The van der Waals surface area contributed by atoms with E-state index in [0.29, 0.717) is 4.47 Å². The quantitative estimate of drug-likeness (QED) is 0.827. The molecule has 0 aromatic heterocycles. The highest BCUT2D eigenvalue weighted by Crippen LogP contribution is 2.39. The van der Waals surface area contributed by atoms with Gasteiger partial charge in [-0.2, -0.15) is 0 Å². The Kier molecular flexibility index (Phi) is 3.97. The molecule has 18 heavy (non-hydrogen) atoms. The summed E-state index contributed by atoms with van der Waals surface area (Å²) in [5, 5.41) is 0. The van der Waals surface area contributed by atoms with E-state index in [1.165, 1.54) is 7.11 Å². The van der Waals surface area contributed by atoms with E-state index < -0.39 is 0 Å². The number of likely N-dealkylation sites (tertiary alicyclic amines) is 1. The number of rotatable bonds is 2. The monoisotopic (exact) mass is 315 g/mol. The van der Waals surface area contributed by atoms with Crippen molar-refractivity contribution < 1.29 is 9.13 Å². The summed E-state index contributed by atoms with van der Waals surface area (Å²) in [7, 11) is 3.62. The van der Waals surface area contributed by atoms with Crippen LogP contribution < -0.4 is 4.74 Å². The number of hydrogen-bond donors (Lipinski definition) is 0. The fourth-order valence-corrected chi connectivity index (χ4v) is 3.10. The second-order valence-electron chi connectivity index (χ2n) is 5.34. The molecular formula is C14H19BrFNO. The summed E-state index contributed by atoms with van der Waals surface area (Å²) >= 11 is 3.39. The van der Waals surface area contributed by atoms with E-state index >= 15 is 0 Å². The van der Waals surface area contributed by atoms with Gasteiger partial charge in [-0.15, -0.1) is 0 Å². The minimum atomic E-state index is -0.290. The molecule has 0 spiro atoms. The topological polar surface area (TPSA) is 12.5 Å². The Balaban J connectivity index is 2.34. The van der Waals surface area contributed by atoms with Crippen LogP contribution >= 0.6 is 15.9 Å². The molecule has 4 heteroatoms. The lowest BCUT2D eigenvalue weighted by molar-refractivity contribution is 0.199. The smallest absolute Gasteiger partial charge is 0.168 e. The van der Waals surface area contributed by atoms with Crippen molar-refractivity contribution in [3.8, 4) is 5.75 Å². The van der Waals surface area contributed by atoms with Gasteiger partial charge in [0.1, 0.15) is 0 Å². The number of halogens is 2. The highest BCUT2D eigenvalue weighted by molar-refractivity contribution is 9.10. The van der Waals surface area contributed by atoms with Gasteiger partial charge in [0, 0.05) is 0 Å². The third-order valence-electron chi connectivity index (χ3n) is 3.99. The molecule has 0 radical (unpaired) electrons. The molecule has 1 fully saturated rings. The average Bonchev–Trinajstić information content (AvgIpc) is 2.33. The van der Waals surface area contributed by atoms with E-state index in [1.54, 1.807) is 6.07 Å². The molecule has 0 atom stereocenters. The fourth-order valence-electron chi connectivity index (χ4n) is 2.50. The van der Waals surface area contributed by atoms with Gasteiger partial charge in [0.2, 0.25) is 0 Å². The first-order valence-electron chi connectivity index (χ1n) is 6.18. The Hall–Kier alpha value is -0.610. The third kappa shape index (κ3) is 2.54. The number of nitrogens with zero attached hydrogens (tertiary/aromatic N) is 1. The van der Waals surface area contributed by atoms with Crippen molar-refractivity contribution in [2.75, 3.05) is 27.2 Å². The van der Waals surface area contributed by atoms with Crippen molar-refractivity contribution in [1.82, 2.24) is 4.90 Å². The molecule has 0 unspecified atom stereocenters. The van der Waals surface area contributed by atoms with Crippen LogP contribution in [-0.4, -0.2) is 32.1 Å². The van der Waals surface area contributed by atoms with Crippen LogP contribution in [0.15, 0.2) is 16.6 Å². The summed E-state index contributed by atoms with van der Waals surface area (Å²) in [6, 6.07) is 3.61. The Bertz CT molecular complexity index is 418. The molecular weight excluding hydrogens is 297 g/mol. The first-order valence-corrected chi connectivity index (χ1v) is 6.97. The van der Waals surface area contributed by atoms with E-state index in [-0.39, 0.29) is 17.0 Å². The molecule has 100 valence electrons. The Morgan fingerprint density at radius 1 is 1.33 bits per heavy atom. The molecule has 0 bridgehead atoms. The molecule has 1 aliphatic rings. The fraction of sp³-hybridized carbons (Fsp3) is 0.571. The van der Waals surface area contributed by atoms with Crippen LogP contribution in [0.4, 0.5) is 4.39 Å². The number of methoxy groups -OCH3 is 1. The van der Waals surface area contributed by atoms with Crippen LogP contribution in [0, 0.1) is 5.82 Å². The van der Waals surface area contributed by atoms with Crippen LogP contribution in [0.2, 0.25) is 0 Å². The molecule has 1 aromatic carbocycles. The SMILES string of the molecule is COc1c(F)cc(C2(C)CCN(C)CC2)cc1Br. The molecule has 1 saturated heterocycles. The molecule has 1 heterocycles. The van der Waals surface area contributed by atoms with Gasteiger partial charge < -0.3 is 9.64 Å². The van der Waals surface area contributed by atoms with E-state index in [4.69, 9.17) is 4.74 Å². The van der Waals surface area contributed by atoms with Gasteiger partial charge in [0.15, 0.2) is 11.6 Å². The lowest BCUT2D eigenvalue weighted by Crippen LogP contribution is -2.38. The molecule has 2 rings (SSSR count). The first-order chi connectivity index (χ1) is 8.46. The normalized spacial score (nSPS) is 19.8. The predicted molar refractivity (Wildman–Crippen MR) is 74.7 cm³/mol. The van der Waals surface area contributed by atoms with Crippen LogP contribution in [0.1, 0.15) is 25.3 Å². The van der Waals surface area contributed by atoms with Crippen LogP contribution in [0.3, 0.4) is 0 Å². The van der Waals surface area contributed by atoms with Gasteiger partial charge in [-0.1, -0.05) is 6.92 Å². The van der Waals surface area contributed by atoms with Gasteiger partial charge in [0.05, 0.1) is 11.6 Å². The van der Waals surface area contributed by atoms with E-state index in [1.807, 2.05) is 6.07 Å².